The fourth-order valence-corrected chi connectivity index (χ4v) is 4.79. The molecule has 0 fully saturated rings. The van der Waals surface area contributed by atoms with E-state index in [4.69, 9.17) is 14.0 Å². The van der Waals surface area contributed by atoms with Gasteiger partial charge in [-0.3, -0.25) is 9.69 Å². The maximum absolute atomic E-state index is 12.8. The summed E-state index contributed by atoms with van der Waals surface area (Å²) in [5, 5.41) is 9.23. The fourth-order valence-electron chi connectivity index (χ4n) is 4.79. The topological polar surface area (TPSA) is 93.2 Å². The first kappa shape index (κ1) is 17.4. The summed E-state index contributed by atoms with van der Waals surface area (Å²) in [7, 11) is 2.01. The molecule has 8 heteroatoms. The normalized spacial score (nSPS) is 18.2. The number of hydrogen-bond donors (Lipinski definition) is 1. The summed E-state index contributed by atoms with van der Waals surface area (Å²) in [5.74, 6) is -0.697. The number of carbonyl (C=O) groups excluding carboxylic acids is 1. The largest absolute Gasteiger partial charge is 0.382 e. The molecule has 5 rings (SSSR count). The van der Waals surface area contributed by atoms with Gasteiger partial charge < -0.3 is 15.2 Å². The van der Waals surface area contributed by atoms with Crippen molar-refractivity contribution in [3.05, 3.63) is 77.6 Å². The Bertz CT molecular complexity index is 1630. The molecule has 184 valence electrons. The van der Waals surface area contributed by atoms with Crippen LogP contribution in [0.2, 0.25) is 0 Å². The Labute approximate surface area is 219 Å². The molecule has 0 aliphatic carbocycles. The molecule has 8 nitrogen and oxygen atoms in total. The van der Waals surface area contributed by atoms with Crippen molar-refractivity contribution in [3.8, 4) is 11.3 Å². The van der Waals surface area contributed by atoms with Crippen molar-refractivity contribution in [2.75, 3.05) is 32.8 Å². The highest BCUT2D eigenvalue weighted by molar-refractivity contribution is 5.94. The predicted octanol–water partition coefficient (Wildman–Crippen LogP) is 4.16. The smallest absolute Gasteiger partial charge is 0.253 e. The summed E-state index contributed by atoms with van der Waals surface area (Å²) >= 11 is 0. The molecule has 0 saturated carbocycles. The number of hydrogen-bond acceptors (Lipinski definition) is 6. The van der Waals surface area contributed by atoms with Crippen LogP contribution < -0.4 is 5.73 Å². The van der Waals surface area contributed by atoms with Crippen molar-refractivity contribution < 1.29 is 13.0 Å². The number of anilines is 1. The molecule has 4 aromatic rings. The zero-order valence-corrected chi connectivity index (χ0v) is 20.1. The zero-order valence-electron chi connectivity index (χ0n) is 26.1. The molecule has 1 aromatic carbocycles. The standard InChI is InChI=1S/C28H31N7O/c1-18(35-15-12-20(13-16-35)19-5-7-21(8-6-19)28(36)33(2)3)25-17-23-22(11-14-30-27(23)34(25)4)24-9-10-26(29)32-31-24/h5-12,14,17-18H,13,15-16H2,1-4H3,(H2,29,32)/t18-/m0/s1/i2D3,3D3. The van der Waals surface area contributed by atoms with Gasteiger partial charge in [0.1, 0.15) is 11.5 Å². The van der Waals surface area contributed by atoms with E-state index < -0.39 is 19.9 Å². The number of rotatable bonds is 5. The molecule has 4 heterocycles. The molecule has 0 bridgehead atoms. The van der Waals surface area contributed by atoms with E-state index in [-0.39, 0.29) is 16.5 Å². The maximum Gasteiger partial charge on any atom is 0.253 e. The second-order valence-corrected chi connectivity index (χ2v) is 8.94. The van der Waals surface area contributed by atoms with E-state index in [9.17, 15) is 4.79 Å². The highest BCUT2D eigenvalue weighted by atomic mass is 16.2. The monoisotopic (exact) mass is 487 g/mol. The number of benzene rings is 1. The van der Waals surface area contributed by atoms with Crippen molar-refractivity contribution in [2.45, 2.75) is 19.4 Å². The molecular formula is C28H31N7O. The molecule has 3 aromatic heterocycles. The Morgan fingerprint density at radius 3 is 2.61 bits per heavy atom. The van der Waals surface area contributed by atoms with Gasteiger partial charge in [-0.05, 0) is 60.9 Å². The van der Waals surface area contributed by atoms with Crippen LogP contribution >= 0.6 is 0 Å². The lowest BCUT2D eigenvalue weighted by atomic mass is 9.97. The molecule has 36 heavy (non-hydrogen) atoms. The quantitative estimate of drug-likeness (QED) is 0.454. The molecule has 2 N–H and O–H groups in total. The SMILES string of the molecule is [2H]C([2H])([2H])N(C(=O)c1ccc(C2=CCN([C@@H](C)c3cc4c(-c5ccc(N)nn5)ccnc4n3C)CC2)cc1)C([2H])([2H])[2H]. The third-order valence-electron chi connectivity index (χ3n) is 6.85. The van der Waals surface area contributed by atoms with E-state index in [0.29, 0.717) is 12.4 Å². The van der Waals surface area contributed by atoms with E-state index in [1.54, 1.807) is 24.4 Å². The van der Waals surface area contributed by atoms with Crippen molar-refractivity contribution in [3.63, 3.8) is 0 Å². The number of carbonyl (C=O) groups is 1. The van der Waals surface area contributed by atoms with Crippen LogP contribution in [0.5, 0.6) is 0 Å². The average molecular weight is 488 g/mol. The van der Waals surface area contributed by atoms with E-state index in [0.717, 1.165) is 52.1 Å². The van der Waals surface area contributed by atoms with Crippen LogP contribution in [0.15, 0.2) is 60.8 Å². The Morgan fingerprint density at radius 2 is 1.94 bits per heavy atom. The van der Waals surface area contributed by atoms with E-state index in [1.165, 1.54) is 12.1 Å². The van der Waals surface area contributed by atoms with E-state index >= 15 is 0 Å². The summed E-state index contributed by atoms with van der Waals surface area (Å²) in [4.78, 5) is 19.7. The fraction of sp³-hybridized carbons (Fsp3) is 0.286. The number of aryl methyl sites for hydroxylation is 1. The van der Waals surface area contributed by atoms with Crippen LogP contribution in [0, 0.1) is 0 Å². The van der Waals surface area contributed by atoms with Gasteiger partial charge in [0.05, 0.1) is 5.69 Å². The maximum atomic E-state index is 12.8. The highest BCUT2D eigenvalue weighted by Gasteiger charge is 2.23. The Kier molecular flexibility index (Phi) is 4.61. The van der Waals surface area contributed by atoms with Crippen LogP contribution in [-0.4, -0.2) is 62.5 Å². The third-order valence-corrected chi connectivity index (χ3v) is 6.85. The molecule has 0 saturated heterocycles. The van der Waals surface area contributed by atoms with Crippen molar-refractivity contribution >= 4 is 28.3 Å². The van der Waals surface area contributed by atoms with Crippen LogP contribution in [0.1, 0.15) is 49.2 Å². The number of nitrogens with two attached hydrogens (primary N) is 1. The van der Waals surface area contributed by atoms with Gasteiger partial charge in [0.2, 0.25) is 0 Å². The van der Waals surface area contributed by atoms with Crippen molar-refractivity contribution in [1.29, 1.82) is 0 Å². The van der Waals surface area contributed by atoms with Gasteiger partial charge in [0.15, 0.2) is 0 Å². The lowest BCUT2D eigenvalue weighted by molar-refractivity contribution is 0.0827. The molecule has 0 unspecified atom stereocenters. The predicted molar refractivity (Wildman–Crippen MR) is 143 cm³/mol. The molecule has 0 radical (unpaired) electrons. The number of fused-ring (bicyclic) bond motifs is 1. The van der Waals surface area contributed by atoms with Gasteiger partial charge in [-0.15, -0.1) is 10.2 Å². The summed E-state index contributed by atoms with van der Waals surface area (Å²) in [5.41, 5.74) is 11.4. The van der Waals surface area contributed by atoms with Gasteiger partial charge in [0.25, 0.3) is 5.91 Å². The number of nitrogen functional groups attached to an aromatic ring is 1. The minimum absolute atomic E-state index is 0.00589. The first-order valence-corrected chi connectivity index (χ1v) is 11.7. The molecule has 0 spiro atoms. The lowest BCUT2D eigenvalue weighted by Crippen LogP contribution is -2.32. The summed E-state index contributed by atoms with van der Waals surface area (Å²) in [6.07, 6.45) is 4.68. The van der Waals surface area contributed by atoms with Gasteiger partial charge in [0, 0.05) is 76.8 Å². The molecule has 1 amide bonds. The first-order chi connectivity index (χ1) is 19.8. The first-order valence-electron chi connectivity index (χ1n) is 14.7. The van der Waals surface area contributed by atoms with Crippen LogP contribution in [-0.2, 0) is 7.05 Å². The van der Waals surface area contributed by atoms with Gasteiger partial charge in [-0.25, -0.2) is 4.98 Å². The number of pyridine rings is 1. The van der Waals surface area contributed by atoms with Gasteiger partial charge >= 0.3 is 0 Å². The lowest BCUT2D eigenvalue weighted by Gasteiger charge is -2.32. The van der Waals surface area contributed by atoms with Gasteiger partial charge in [-0.2, -0.15) is 0 Å². The van der Waals surface area contributed by atoms with Crippen LogP contribution in [0.25, 0.3) is 27.9 Å². The Hall–Kier alpha value is -4.04. The second kappa shape index (κ2) is 9.54. The molecule has 1 aliphatic rings. The number of aromatic nitrogens is 4. The van der Waals surface area contributed by atoms with Crippen LogP contribution in [0.3, 0.4) is 0 Å². The van der Waals surface area contributed by atoms with Crippen molar-refractivity contribution in [1.82, 2.24) is 29.5 Å². The Morgan fingerprint density at radius 1 is 1.14 bits per heavy atom. The summed E-state index contributed by atoms with van der Waals surface area (Å²) in [6.45, 7) is -2.50. The summed E-state index contributed by atoms with van der Waals surface area (Å²) in [6, 6.07) is 14.2. The second-order valence-electron chi connectivity index (χ2n) is 8.94. The van der Waals surface area contributed by atoms with Crippen LogP contribution in [0.4, 0.5) is 5.82 Å². The van der Waals surface area contributed by atoms with Gasteiger partial charge in [-0.1, -0.05) is 18.2 Å². The van der Waals surface area contributed by atoms with E-state index in [1.807, 2.05) is 19.2 Å². The Balaban J connectivity index is 1.33. The molecule has 1 aliphatic heterocycles. The molecule has 1 atom stereocenters. The molecular weight excluding hydrogens is 450 g/mol. The minimum atomic E-state index is -3.08. The third kappa shape index (κ3) is 4.35. The highest BCUT2D eigenvalue weighted by Crippen LogP contribution is 2.33. The minimum Gasteiger partial charge on any atom is -0.382 e. The van der Waals surface area contributed by atoms with E-state index in [2.05, 4.69) is 43.7 Å². The van der Waals surface area contributed by atoms with Crippen molar-refractivity contribution in [2.24, 2.45) is 7.05 Å². The zero-order chi connectivity index (χ0) is 30.4. The number of amides is 1. The number of nitrogens with zero attached hydrogens (tertiary/aromatic N) is 6. The summed E-state index contributed by atoms with van der Waals surface area (Å²) < 4.78 is 47.1. The average Bonchev–Trinajstić information content (AvgIpc) is 3.28.